The molecule has 140 valence electrons. The molecule has 0 fully saturated rings. The molecule has 0 spiro atoms. The van der Waals surface area contributed by atoms with Gasteiger partial charge in [-0.3, -0.25) is 4.79 Å². The van der Waals surface area contributed by atoms with E-state index in [9.17, 15) is 13.2 Å². The van der Waals surface area contributed by atoms with Gasteiger partial charge >= 0.3 is 0 Å². The molecule has 0 aliphatic rings. The summed E-state index contributed by atoms with van der Waals surface area (Å²) < 4.78 is 29.3. The van der Waals surface area contributed by atoms with Gasteiger partial charge in [-0.05, 0) is 16.7 Å². The number of likely N-dealkylation sites (N-methyl/N-ethyl adjacent to an activating group) is 1. The van der Waals surface area contributed by atoms with Crippen molar-refractivity contribution >= 4 is 15.9 Å². The molecule has 1 N–H and O–H groups in total. The first kappa shape index (κ1) is 20.1. The highest BCUT2D eigenvalue weighted by atomic mass is 32.2. The zero-order chi connectivity index (χ0) is 19.0. The average molecular weight is 376 g/mol. The molecular weight excluding hydrogens is 352 g/mol. The van der Waals surface area contributed by atoms with E-state index in [-0.39, 0.29) is 12.5 Å². The van der Waals surface area contributed by atoms with Crippen LogP contribution in [-0.2, 0) is 39.3 Å². The number of sulfonamides is 1. The lowest BCUT2D eigenvalue weighted by Crippen LogP contribution is -2.37. The van der Waals surface area contributed by atoms with Crippen molar-refractivity contribution in [1.29, 1.82) is 0 Å². The summed E-state index contributed by atoms with van der Waals surface area (Å²) in [5, 5.41) is 2.71. The molecule has 0 aromatic heterocycles. The van der Waals surface area contributed by atoms with Gasteiger partial charge in [-0.15, -0.1) is 0 Å². The first-order valence-corrected chi connectivity index (χ1v) is 10.1. The zero-order valence-corrected chi connectivity index (χ0v) is 15.8. The lowest BCUT2D eigenvalue weighted by atomic mass is 10.1. The van der Waals surface area contributed by atoms with Crippen LogP contribution in [0.25, 0.3) is 0 Å². The molecular formula is C19H24N2O4S. The van der Waals surface area contributed by atoms with Crippen molar-refractivity contribution in [3.63, 3.8) is 0 Å². The molecule has 2 aromatic carbocycles. The second kappa shape index (κ2) is 9.47. The molecule has 0 aliphatic heterocycles. The summed E-state index contributed by atoms with van der Waals surface area (Å²) in [5.74, 6) is -0.340. The molecule has 0 radical (unpaired) electrons. The molecule has 7 heteroatoms. The molecule has 0 aliphatic carbocycles. The van der Waals surface area contributed by atoms with Gasteiger partial charge in [-0.2, -0.15) is 4.31 Å². The number of benzene rings is 2. The van der Waals surface area contributed by atoms with Crippen molar-refractivity contribution in [2.75, 3.05) is 19.8 Å². The zero-order valence-electron chi connectivity index (χ0n) is 15.0. The molecule has 0 bridgehead atoms. The topological polar surface area (TPSA) is 75.7 Å². The van der Waals surface area contributed by atoms with Gasteiger partial charge in [-0.1, -0.05) is 54.6 Å². The summed E-state index contributed by atoms with van der Waals surface area (Å²) in [4.78, 5) is 11.8. The van der Waals surface area contributed by atoms with E-state index < -0.39 is 10.0 Å². The highest BCUT2D eigenvalue weighted by Crippen LogP contribution is 2.08. The van der Waals surface area contributed by atoms with Crippen molar-refractivity contribution in [2.24, 2.45) is 0 Å². The summed E-state index contributed by atoms with van der Waals surface area (Å²) in [6.45, 7) is 1.24. The Hall–Kier alpha value is -2.22. The Labute approximate surface area is 154 Å². The molecule has 2 aromatic rings. The van der Waals surface area contributed by atoms with Crippen LogP contribution in [-0.4, -0.2) is 38.5 Å². The van der Waals surface area contributed by atoms with E-state index in [4.69, 9.17) is 4.74 Å². The predicted octanol–water partition coefficient (Wildman–Crippen LogP) is 1.91. The van der Waals surface area contributed by atoms with Crippen molar-refractivity contribution in [3.05, 3.63) is 71.3 Å². The Balaban J connectivity index is 1.74. The molecule has 26 heavy (non-hydrogen) atoms. The highest BCUT2D eigenvalue weighted by Gasteiger charge is 2.14. The number of carbonyl (C=O) groups is 1. The van der Waals surface area contributed by atoms with Gasteiger partial charge in [0.05, 0.1) is 26.0 Å². The maximum atomic E-state index is 11.8. The van der Waals surface area contributed by atoms with Crippen LogP contribution < -0.4 is 5.32 Å². The second-order valence-electron chi connectivity index (χ2n) is 6.09. The van der Waals surface area contributed by atoms with Gasteiger partial charge in [0.1, 0.15) is 0 Å². The van der Waals surface area contributed by atoms with Crippen molar-refractivity contribution in [3.8, 4) is 0 Å². The molecule has 0 saturated heterocycles. The number of carbonyl (C=O) groups excluding carboxylic acids is 1. The van der Waals surface area contributed by atoms with Crippen molar-refractivity contribution in [2.45, 2.75) is 19.8 Å². The third-order valence-electron chi connectivity index (χ3n) is 3.83. The average Bonchev–Trinajstić information content (AvgIpc) is 2.61. The van der Waals surface area contributed by atoms with Crippen LogP contribution >= 0.6 is 0 Å². The molecule has 0 unspecified atom stereocenters. The largest absolute Gasteiger partial charge is 0.372 e. The molecule has 0 atom stereocenters. The fourth-order valence-electron chi connectivity index (χ4n) is 2.19. The Morgan fingerprint density at radius 2 is 1.50 bits per heavy atom. The Bertz CT molecular complexity index is 805. The molecule has 0 saturated carbocycles. The Morgan fingerprint density at radius 3 is 2.08 bits per heavy atom. The molecule has 1 amide bonds. The predicted molar refractivity (Wildman–Crippen MR) is 101 cm³/mol. The monoisotopic (exact) mass is 376 g/mol. The summed E-state index contributed by atoms with van der Waals surface area (Å²) in [5.41, 5.74) is 3.12. The third kappa shape index (κ3) is 6.95. The third-order valence-corrected chi connectivity index (χ3v) is 5.09. The first-order chi connectivity index (χ1) is 12.3. The van der Waals surface area contributed by atoms with Gasteiger partial charge in [-0.25, -0.2) is 8.42 Å². The summed E-state index contributed by atoms with van der Waals surface area (Å²) in [6, 6.07) is 17.7. The van der Waals surface area contributed by atoms with E-state index in [0.717, 1.165) is 27.3 Å². The van der Waals surface area contributed by atoms with Crippen LogP contribution in [0.1, 0.15) is 16.7 Å². The summed E-state index contributed by atoms with van der Waals surface area (Å²) in [6.07, 6.45) is 1.07. The minimum Gasteiger partial charge on any atom is -0.372 e. The van der Waals surface area contributed by atoms with Crippen molar-refractivity contribution < 1.29 is 17.9 Å². The normalized spacial score (nSPS) is 11.5. The lowest BCUT2D eigenvalue weighted by Gasteiger charge is -2.13. The maximum Gasteiger partial charge on any atom is 0.235 e. The number of hydrogen-bond donors (Lipinski definition) is 1. The minimum absolute atomic E-state index is 0.190. The number of rotatable bonds is 9. The van der Waals surface area contributed by atoms with Gasteiger partial charge in [0.25, 0.3) is 0 Å². The van der Waals surface area contributed by atoms with Crippen LogP contribution in [0, 0.1) is 0 Å². The van der Waals surface area contributed by atoms with E-state index in [2.05, 4.69) is 5.32 Å². The summed E-state index contributed by atoms with van der Waals surface area (Å²) in [7, 11) is -1.98. The van der Waals surface area contributed by atoms with Gasteiger partial charge in [0.2, 0.25) is 15.9 Å². The van der Waals surface area contributed by atoms with E-state index in [0.29, 0.717) is 19.8 Å². The first-order valence-electron chi connectivity index (χ1n) is 8.22. The lowest BCUT2D eigenvalue weighted by molar-refractivity contribution is -0.121. The Kier molecular flexibility index (Phi) is 7.32. The fourth-order valence-corrected chi connectivity index (χ4v) is 2.54. The van der Waals surface area contributed by atoms with Crippen LogP contribution in [0.4, 0.5) is 0 Å². The van der Waals surface area contributed by atoms with Crippen LogP contribution in [0.3, 0.4) is 0 Å². The SMILES string of the molecule is CN(CC(=O)NCc1ccc(COCc2ccccc2)cc1)S(C)(=O)=O. The Morgan fingerprint density at radius 1 is 0.962 bits per heavy atom. The smallest absolute Gasteiger partial charge is 0.235 e. The number of ether oxygens (including phenoxy) is 1. The van der Waals surface area contributed by atoms with E-state index in [1.807, 2.05) is 54.6 Å². The summed E-state index contributed by atoms with van der Waals surface area (Å²) >= 11 is 0. The fraction of sp³-hybridized carbons (Fsp3) is 0.316. The van der Waals surface area contributed by atoms with Crippen molar-refractivity contribution in [1.82, 2.24) is 9.62 Å². The molecule has 2 rings (SSSR count). The van der Waals surface area contributed by atoms with Crippen LogP contribution in [0.5, 0.6) is 0 Å². The standard InChI is InChI=1S/C19H24N2O4S/c1-21(26(2,23)24)13-19(22)20-12-16-8-10-18(11-9-16)15-25-14-17-6-4-3-5-7-17/h3-11H,12-15H2,1-2H3,(H,20,22). The van der Waals surface area contributed by atoms with Gasteiger partial charge < -0.3 is 10.1 Å². The van der Waals surface area contributed by atoms with Gasteiger partial charge in [0.15, 0.2) is 0 Å². The number of hydrogen-bond acceptors (Lipinski definition) is 4. The molecule has 0 heterocycles. The van der Waals surface area contributed by atoms with Crippen LogP contribution in [0.2, 0.25) is 0 Å². The number of nitrogens with zero attached hydrogens (tertiary/aromatic N) is 1. The maximum absolute atomic E-state index is 11.8. The van der Waals surface area contributed by atoms with Crippen LogP contribution in [0.15, 0.2) is 54.6 Å². The van der Waals surface area contributed by atoms with E-state index in [1.165, 1.54) is 7.05 Å². The molecule has 6 nitrogen and oxygen atoms in total. The van der Waals surface area contributed by atoms with E-state index >= 15 is 0 Å². The van der Waals surface area contributed by atoms with E-state index in [1.54, 1.807) is 0 Å². The van der Waals surface area contributed by atoms with Gasteiger partial charge in [0, 0.05) is 13.6 Å². The highest BCUT2D eigenvalue weighted by molar-refractivity contribution is 7.88. The quantitative estimate of drug-likeness (QED) is 0.725. The number of nitrogens with one attached hydrogen (secondary N) is 1. The minimum atomic E-state index is -3.36. The number of amides is 1. The second-order valence-corrected chi connectivity index (χ2v) is 8.18.